The molecule has 2 aliphatic carbocycles. The predicted molar refractivity (Wildman–Crippen MR) is 97.4 cm³/mol. The third-order valence-electron chi connectivity index (χ3n) is 4.47. The Balaban J connectivity index is -0.000000283. The van der Waals surface area contributed by atoms with Gasteiger partial charge in [-0.15, -0.1) is 13.8 Å². The van der Waals surface area contributed by atoms with E-state index in [-0.39, 0.29) is 31.0 Å². The second-order valence-electron chi connectivity index (χ2n) is 6.60. The standard InChI is InChI=1S/2C9H13.C2H6Si.2ClH.Ti/c2*1-6-5-7(2)9(4)8(6)3;1-3-2;;;/h2*6H,1-4H3;1-2H3;2*1H;/q2*-1;;;;+2/p-2. The Morgan fingerprint density at radius 2 is 0.917 bits per heavy atom. The molecule has 2 unspecified atom stereocenters. The van der Waals surface area contributed by atoms with Gasteiger partial charge in [0.25, 0.3) is 0 Å². The van der Waals surface area contributed by atoms with Crippen molar-refractivity contribution in [3.63, 3.8) is 0 Å². The second kappa shape index (κ2) is 13.6. The Hall–Kier alpha value is 0.471. The number of allylic oxidation sites excluding steroid dienone is 8. The molecule has 4 heteroatoms. The van der Waals surface area contributed by atoms with Crippen molar-refractivity contribution >= 4 is 6.19 Å². The van der Waals surface area contributed by atoms with Crippen LogP contribution in [-0.4, -0.2) is 6.19 Å². The summed E-state index contributed by atoms with van der Waals surface area (Å²) in [5.41, 5.74) is 8.49. The van der Waals surface area contributed by atoms with Crippen LogP contribution in [0, 0.1) is 24.0 Å². The zero-order chi connectivity index (χ0) is 17.6. The van der Waals surface area contributed by atoms with Crippen LogP contribution in [0.2, 0.25) is 13.1 Å². The fourth-order valence-corrected chi connectivity index (χ4v) is 2.32. The summed E-state index contributed by atoms with van der Waals surface area (Å²) in [7, 11) is 0. The van der Waals surface area contributed by atoms with Crippen LogP contribution < -0.4 is 24.8 Å². The molecule has 0 heterocycles. The molecule has 0 aromatic carbocycles. The summed E-state index contributed by atoms with van der Waals surface area (Å²) in [4.78, 5) is 0. The van der Waals surface area contributed by atoms with Crippen molar-refractivity contribution in [2.45, 2.75) is 68.5 Å². The van der Waals surface area contributed by atoms with Crippen LogP contribution in [0.5, 0.6) is 0 Å². The molecule has 136 valence electrons. The maximum atomic E-state index is 3.36. The largest absolute Gasteiger partial charge is 1.00 e. The molecule has 0 aromatic heterocycles. The quantitative estimate of drug-likeness (QED) is 0.390. The molecule has 0 bridgehead atoms. The maximum absolute atomic E-state index is 3.36. The Labute approximate surface area is 175 Å². The van der Waals surface area contributed by atoms with Gasteiger partial charge in [-0.2, -0.15) is 22.3 Å². The van der Waals surface area contributed by atoms with E-state index in [1.165, 1.54) is 33.4 Å². The molecule has 0 radical (unpaired) electrons. The van der Waals surface area contributed by atoms with E-state index in [9.17, 15) is 0 Å². The van der Waals surface area contributed by atoms with Gasteiger partial charge < -0.3 is 24.8 Å². The first-order valence-corrected chi connectivity index (χ1v) is 12.9. The topological polar surface area (TPSA) is 0 Å². The first-order chi connectivity index (χ1) is 9.98. The fraction of sp³-hybridized carbons (Fsp3) is 0.600. The molecule has 0 aromatic rings. The maximum Gasteiger partial charge on any atom is -1.00 e. The molecule has 0 fully saturated rings. The minimum Gasteiger partial charge on any atom is -1.00 e. The zero-order valence-corrected chi connectivity index (χ0v) is 21.0. The number of hydrogen-bond acceptors (Lipinski definition) is 0. The Morgan fingerprint density at radius 3 is 0.958 bits per heavy atom. The molecular weight excluding hydrogens is 387 g/mol. The van der Waals surface area contributed by atoms with Crippen molar-refractivity contribution in [3.8, 4) is 0 Å². The van der Waals surface area contributed by atoms with Gasteiger partial charge >= 0.3 is 38.5 Å². The van der Waals surface area contributed by atoms with Crippen molar-refractivity contribution in [1.29, 1.82) is 0 Å². The third kappa shape index (κ3) is 9.83. The van der Waals surface area contributed by atoms with Crippen molar-refractivity contribution < 1.29 is 44.0 Å². The molecule has 0 aliphatic heterocycles. The van der Waals surface area contributed by atoms with E-state index in [1.807, 2.05) is 0 Å². The normalized spacial score (nSPS) is 21.5. The molecule has 2 rings (SSSR count). The molecule has 0 amide bonds. The molecule has 2 aliphatic rings. The fourth-order valence-electron chi connectivity index (χ4n) is 2.32. The van der Waals surface area contributed by atoms with Crippen molar-refractivity contribution in [1.82, 2.24) is 0 Å². The minimum atomic E-state index is 0. The Bertz CT molecular complexity index is 506. The molecule has 2 atom stereocenters. The summed E-state index contributed by atoms with van der Waals surface area (Å²) in [5.74, 6) is 1.12. The Morgan fingerprint density at radius 1 is 0.708 bits per heavy atom. The van der Waals surface area contributed by atoms with Crippen LogP contribution in [0.3, 0.4) is 0 Å². The third-order valence-corrected chi connectivity index (χ3v) is 4.47. The van der Waals surface area contributed by atoms with Gasteiger partial charge in [0.05, 0.1) is 0 Å². The second-order valence-corrected chi connectivity index (χ2v) is 13.3. The van der Waals surface area contributed by atoms with Crippen LogP contribution in [-0.2, 0) is 19.2 Å². The smallest absolute Gasteiger partial charge is 1.00 e. The summed E-state index contributed by atoms with van der Waals surface area (Å²) >= 11 is 2.27. The monoisotopic (exact) mass is 418 g/mol. The molecule has 0 nitrogen and oxygen atoms in total. The van der Waals surface area contributed by atoms with Gasteiger partial charge in [0, 0.05) is 0 Å². The van der Waals surface area contributed by atoms with E-state index >= 15 is 0 Å². The number of halogens is 2. The van der Waals surface area contributed by atoms with Crippen LogP contribution in [0.15, 0.2) is 33.4 Å². The van der Waals surface area contributed by atoms with Gasteiger partial charge in [0.1, 0.15) is 0 Å². The van der Waals surface area contributed by atoms with Crippen molar-refractivity contribution in [3.05, 3.63) is 45.6 Å². The first-order valence-electron chi connectivity index (χ1n) is 8.06. The minimum absolute atomic E-state index is 0. The van der Waals surface area contributed by atoms with Crippen LogP contribution in [0.4, 0.5) is 0 Å². The molecule has 24 heavy (non-hydrogen) atoms. The summed E-state index contributed by atoms with van der Waals surface area (Å²) < 4.78 is 0. The van der Waals surface area contributed by atoms with Gasteiger partial charge in [0.15, 0.2) is 0 Å². The van der Waals surface area contributed by atoms with Gasteiger partial charge in [-0.25, -0.2) is 11.1 Å². The summed E-state index contributed by atoms with van der Waals surface area (Å²) in [5, 5.41) is 0. The number of hydrogen-bond donors (Lipinski definition) is 0. The van der Waals surface area contributed by atoms with Crippen LogP contribution in [0.1, 0.15) is 55.4 Å². The van der Waals surface area contributed by atoms with E-state index < -0.39 is 0 Å². The molecule has 0 saturated carbocycles. The molecule has 0 saturated heterocycles. The Kier molecular flexibility index (Phi) is 16.6. The van der Waals surface area contributed by atoms with Crippen LogP contribution >= 0.6 is 0 Å². The van der Waals surface area contributed by atoms with E-state index in [1.54, 1.807) is 0 Å². The van der Waals surface area contributed by atoms with Crippen molar-refractivity contribution in [2.75, 3.05) is 0 Å². The predicted octanol–water partition coefficient (Wildman–Crippen LogP) is 0.236. The van der Waals surface area contributed by atoms with Gasteiger partial charge in [-0.05, 0) is 0 Å². The van der Waals surface area contributed by atoms with Gasteiger partial charge in [-0.3, -0.25) is 12.2 Å². The molecular formula is C20H32Cl2SiTi-2. The van der Waals surface area contributed by atoms with Gasteiger partial charge in [-0.1, -0.05) is 53.4 Å². The van der Waals surface area contributed by atoms with E-state index in [0.717, 1.165) is 0 Å². The summed E-state index contributed by atoms with van der Waals surface area (Å²) in [6.45, 7) is 21.9. The van der Waals surface area contributed by atoms with Crippen LogP contribution in [0.25, 0.3) is 0 Å². The molecule has 0 spiro atoms. The van der Waals surface area contributed by atoms with E-state index in [2.05, 4.69) is 99.8 Å². The summed E-state index contributed by atoms with van der Waals surface area (Å²) in [6, 6.07) is 0. The molecule has 0 N–H and O–H groups in total. The SMILES string of the molecule is CC1=[C-]C(C)C(C)=C1C.CC1=[C-]C(C)C(C)=C1C.C[Si](C)=[Ti+2].[Cl-].[Cl-]. The van der Waals surface area contributed by atoms with Gasteiger partial charge in [0.2, 0.25) is 0 Å². The summed E-state index contributed by atoms with van der Waals surface area (Å²) in [6.07, 6.45) is 6.84. The zero-order valence-electron chi connectivity index (χ0n) is 16.9. The number of rotatable bonds is 0. The van der Waals surface area contributed by atoms with E-state index in [0.29, 0.717) is 11.8 Å². The van der Waals surface area contributed by atoms with E-state index in [4.69, 9.17) is 0 Å². The average molecular weight is 419 g/mol. The van der Waals surface area contributed by atoms with Crippen molar-refractivity contribution in [2.24, 2.45) is 11.8 Å². The average Bonchev–Trinajstić information content (AvgIpc) is 2.75. The first kappa shape index (κ1) is 29.2.